The molecule has 8 N–H and O–H groups in total. The first kappa shape index (κ1) is 54.3. The summed E-state index contributed by atoms with van der Waals surface area (Å²) >= 11 is 1.81. The Hall–Kier alpha value is -7.48. The summed E-state index contributed by atoms with van der Waals surface area (Å²) < 4.78 is 18.4. The summed E-state index contributed by atoms with van der Waals surface area (Å²) in [7, 11) is 0. The summed E-state index contributed by atoms with van der Waals surface area (Å²) in [5, 5.41) is 42.5. The molecule has 0 aliphatic carbocycles. The molecule has 3 aromatic carbocycles. The van der Waals surface area contributed by atoms with Crippen LogP contribution in [0.1, 0.15) is 70.5 Å². The van der Waals surface area contributed by atoms with E-state index in [1.54, 1.807) is 47.3 Å². The van der Waals surface area contributed by atoms with Gasteiger partial charge >= 0.3 is 12.0 Å². The van der Waals surface area contributed by atoms with Crippen molar-refractivity contribution in [2.24, 2.45) is 10.2 Å². The van der Waals surface area contributed by atoms with E-state index in [1.807, 2.05) is 11.8 Å². The van der Waals surface area contributed by atoms with E-state index >= 15 is 0 Å². The van der Waals surface area contributed by atoms with Gasteiger partial charge in [0.2, 0.25) is 11.8 Å². The topological polar surface area (TPSA) is 321 Å². The Labute approximate surface area is 430 Å². The number of aromatic hydroxyl groups is 1. The molecule has 3 aliphatic rings. The van der Waals surface area contributed by atoms with Crippen LogP contribution in [0.25, 0.3) is 0 Å². The van der Waals surface area contributed by atoms with E-state index in [1.165, 1.54) is 30.3 Å². The van der Waals surface area contributed by atoms with Crippen molar-refractivity contribution < 1.29 is 57.7 Å². The molecule has 4 heterocycles. The molecule has 0 spiro atoms. The zero-order valence-electron chi connectivity index (χ0n) is 40.6. The second-order valence-electron chi connectivity index (χ2n) is 17.5. The van der Waals surface area contributed by atoms with E-state index in [2.05, 4.69) is 47.1 Å². The number of hydroxylamine groups is 2. The van der Waals surface area contributed by atoms with Crippen molar-refractivity contribution in [2.75, 3.05) is 64.2 Å². The van der Waals surface area contributed by atoms with Gasteiger partial charge in [-0.3, -0.25) is 24.0 Å². The van der Waals surface area contributed by atoms with Crippen LogP contribution >= 0.6 is 11.8 Å². The number of urea groups is 1. The average Bonchev–Trinajstić information content (AvgIpc) is 4.18. The number of amides is 7. The van der Waals surface area contributed by atoms with Crippen LogP contribution in [0.5, 0.6) is 5.75 Å². The lowest BCUT2D eigenvalue weighted by molar-refractivity contribution is -0.172. The number of rotatable bonds is 29. The smallest absolute Gasteiger partial charge is 0.363 e. The van der Waals surface area contributed by atoms with Crippen molar-refractivity contribution in [3.63, 3.8) is 0 Å². The number of azo groups is 1. The largest absolute Gasteiger partial charge is 0.506 e. The fourth-order valence-electron chi connectivity index (χ4n) is 8.00. The Morgan fingerprint density at radius 1 is 0.838 bits per heavy atom. The number of hydrogen-bond acceptors (Lipinski definition) is 18. The number of imide groups is 1. The molecule has 0 saturated carbocycles. The molecule has 3 aliphatic heterocycles. The standard InChI is InChI=1S/C49H60N12O12S/c50-34-10-6-32(7-11-34)46(66)52-19-21-70-23-25-72-26-24-71-22-20-60-29-36(57-59-60)28-38(53-42(63)4-2-1-3-41-45-39(30-74-41)54-49(69)55-45)47(67)51-18-17-31-5-14-40(62)37(27-31)58-56-35-12-8-33(9-13-35)48(68)73-61-43(64)15-16-44(61)65/h5-14,27,29,38-39,41,45,62H,1-4,15-26,28,30,50H2,(H,51,67)(H,52,66)(H,53,63)(H2,54,55,69)/b58-56+/t38-,39-,41-,45-/m0/s1. The summed E-state index contributed by atoms with van der Waals surface area (Å²) in [5.41, 5.74) is 8.54. The molecule has 74 heavy (non-hydrogen) atoms. The first-order valence-corrected chi connectivity index (χ1v) is 25.4. The Kier molecular flexibility index (Phi) is 20.2. The summed E-state index contributed by atoms with van der Waals surface area (Å²) in [6, 6.07) is 16.2. The Morgan fingerprint density at radius 3 is 2.31 bits per heavy atom. The van der Waals surface area contributed by atoms with Gasteiger partial charge in [-0.1, -0.05) is 17.7 Å². The number of phenols is 1. The summed E-state index contributed by atoms with van der Waals surface area (Å²) in [4.78, 5) is 92.0. The SMILES string of the molecule is Nc1ccc(C(=O)NCCOCCOCCOCCn2cc(C[C@H](NC(=O)CCCC[C@@H]3SC[C@@H]4NC(=O)N[C@@H]43)C(=O)NCCc3ccc(O)c(/N=N/c4ccc(C(=O)ON5C(=O)CCC5=O)cc4)c3)nn2)cc1. The number of anilines is 1. The fourth-order valence-corrected chi connectivity index (χ4v) is 9.54. The Bertz CT molecular complexity index is 2600. The number of fused-ring (bicyclic) bond motifs is 1. The maximum absolute atomic E-state index is 13.7. The summed E-state index contributed by atoms with van der Waals surface area (Å²) in [6.45, 7) is 2.97. The minimum Gasteiger partial charge on any atom is -0.506 e. The summed E-state index contributed by atoms with van der Waals surface area (Å²) in [5.74, 6) is -2.28. The number of benzene rings is 3. The van der Waals surface area contributed by atoms with Crippen molar-refractivity contribution in [1.82, 2.24) is 46.6 Å². The molecular weight excluding hydrogens is 981 g/mol. The van der Waals surface area contributed by atoms with Crippen molar-refractivity contribution in [1.29, 1.82) is 0 Å². The van der Waals surface area contributed by atoms with Crippen LogP contribution in [-0.2, 0) is 57.6 Å². The number of nitrogens with one attached hydrogen (secondary N) is 5. The van der Waals surface area contributed by atoms with E-state index in [9.17, 15) is 38.7 Å². The fraction of sp³-hybridized carbons (Fsp3) is 0.449. The first-order valence-electron chi connectivity index (χ1n) is 24.3. The lowest BCUT2D eigenvalue weighted by atomic mass is 10.0. The molecule has 4 aromatic rings. The van der Waals surface area contributed by atoms with Gasteiger partial charge in [0.25, 0.3) is 17.7 Å². The van der Waals surface area contributed by atoms with Gasteiger partial charge in [0.1, 0.15) is 17.5 Å². The molecule has 0 unspecified atom stereocenters. The molecule has 3 fully saturated rings. The van der Waals surface area contributed by atoms with E-state index in [0.717, 1.165) is 24.2 Å². The normalized spacial score (nSPS) is 17.5. The summed E-state index contributed by atoms with van der Waals surface area (Å²) in [6.07, 6.45) is 4.49. The highest BCUT2D eigenvalue weighted by Crippen LogP contribution is 2.33. The van der Waals surface area contributed by atoms with Crippen LogP contribution in [-0.4, -0.2) is 149 Å². The number of phenolic OH excluding ortho intramolecular Hbond substituents is 1. The molecule has 0 radical (unpaired) electrons. The van der Waals surface area contributed by atoms with Crippen LogP contribution in [0.4, 0.5) is 21.9 Å². The predicted octanol–water partition coefficient (Wildman–Crippen LogP) is 2.79. The molecule has 25 heteroatoms. The number of carbonyl (C=O) groups is 7. The quantitative estimate of drug-likeness (QED) is 0.0135. The molecule has 7 rings (SSSR count). The van der Waals surface area contributed by atoms with Gasteiger partial charge in [-0.2, -0.15) is 16.9 Å². The zero-order valence-corrected chi connectivity index (χ0v) is 41.4. The van der Waals surface area contributed by atoms with Crippen LogP contribution in [0.15, 0.2) is 83.2 Å². The number of carbonyl (C=O) groups excluding carboxylic acids is 7. The molecule has 394 valence electrons. The maximum Gasteiger partial charge on any atom is 0.363 e. The molecule has 1 aromatic heterocycles. The zero-order chi connectivity index (χ0) is 52.2. The number of hydrogen-bond donors (Lipinski definition) is 7. The molecule has 7 amide bonds. The first-order chi connectivity index (χ1) is 35.9. The third-order valence-corrected chi connectivity index (χ3v) is 13.5. The number of nitrogens with zero attached hydrogens (tertiary/aromatic N) is 6. The Morgan fingerprint density at radius 2 is 1.55 bits per heavy atom. The number of nitrogens with two attached hydrogens (primary N) is 1. The predicted molar refractivity (Wildman–Crippen MR) is 267 cm³/mol. The number of unbranched alkanes of at least 4 members (excludes halogenated alkanes) is 1. The van der Waals surface area contributed by atoms with Gasteiger partial charge < -0.3 is 56.5 Å². The van der Waals surface area contributed by atoms with Gasteiger partial charge in [-0.15, -0.1) is 15.3 Å². The highest BCUT2D eigenvalue weighted by Gasteiger charge is 2.42. The third kappa shape index (κ3) is 16.5. The van der Waals surface area contributed by atoms with Gasteiger partial charge in [0, 0.05) is 67.2 Å². The van der Waals surface area contributed by atoms with E-state index in [0.29, 0.717) is 93.3 Å². The van der Waals surface area contributed by atoms with Crippen LogP contribution in [0.3, 0.4) is 0 Å². The van der Waals surface area contributed by atoms with Crippen molar-refractivity contribution in [3.8, 4) is 5.75 Å². The number of thioether (sulfide) groups is 1. The van der Waals surface area contributed by atoms with Gasteiger partial charge in [0.05, 0.1) is 75.2 Å². The van der Waals surface area contributed by atoms with E-state index < -0.39 is 29.7 Å². The average molecular weight is 1040 g/mol. The molecule has 0 bridgehead atoms. The minimum atomic E-state index is -0.966. The second-order valence-corrected chi connectivity index (χ2v) is 18.7. The molecule has 4 atom stereocenters. The second kappa shape index (κ2) is 27.5. The van der Waals surface area contributed by atoms with E-state index in [-0.39, 0.29) is 84.4 Å². The maximum atomic E-state index is 13.7. The monoisotopic (exact) mass is 1040 g/mol. The lowest BCUT2D eigenvalue weighted by Crippen LogP contribution is -2.48. The van der Waals surface area contributed by atoms with Gasteiger partial charge in [-0.25, -0.2) is 14.3 Å². The lowest BCUT2D eigenvalue weighted by Gasteiger charge is -2.18. The van der Waals surface area contributed by atoms with Crippen molar-refractivity contribution in [2.45, 2.75) is 81.3 Å². The van der Waals surface area contributed by atoms with Crippen LogP contribution in [0, 0.1) is 0 Å². The molecule has 24 nitrogen and oxygen atoms in total. The van der Waals surface area contributed by atoms with Gasteiger partial charge in [0.15, 0.2) is 0 Å². The Balaban J connectivity index is 0.836. The molecular formula is C49H60N12O12S. The number of aromatic nitrogens is 3. The van der Waals surface area contributed by atoms with E-state index in [4.69, 9.17) is 24.8 Å². The van der Waals surface area contributed by atoms with Gasteiger partial charge in [-0.05, 0) is 85.5 Å². The molecule has 3 saturated heterocycles. The highest BCUT2D eigenvalue weighted by molar-refractivity contribution is 8.00. The van der Waals surface area contributed by atoms with Crippen LogP contribution < -0.4 is 32.3 Å². The number of nitrogen functional groups attached to an aromatic ring is 1. The highest BCUT2D eigenvalue weighted by atomic mass is 32.2. The van der Waals surface area contributed by atoms with Crippen molar-refractivity contribution in [3.05, 3.63) is 95.3 Å². The van der Waals surface area contributed by atoms with Crippen LogP contribution in [0.2, 0.25) is 0 Å². The minimum absolute atomic E-state index is 0.0240. The number of ether oxygens (including phenoxy) is 3. The third-order valence-electron chi connectivity index (χ3n) is 12.0. The van der Waals surface area contributed by atoms with Crippen molar-refractivity contribution >= 4 is 70.4 Å².